The maximum Gasteiger partial charge on any atom is 0.475 e. The fourth-order valence-corrected chi connectivity index (χ4v) is 8.00. The average molecular weight is 988 g/mol. The summed E-state index contributed by atoms with van der Waals surface area (Å²) >= 11 is 0. The standard InChI is InChI=1S/C21H37BO22P3.Am/c1-7-13(25)18(10(3-23)38-7)42-46(31,32)37-6-12-19(15(27)20(22)40-12)43-47(33,34)44-21-16(28)17(8(2)39-21)41-45(29,30)36-5-11-14(26)9(24)4-35-11;/h4,7-21,23-28H,3,5-6H2,1-2H3,(H,29,30)(H,31,32)(H,33,34);/q-1;/t7-,8-,9?,10?,11?,12?,13?,14+,15?,16+,17?,18-,19-,20+,21?;/m0./s1. The van der Waals surface area contributed by atoms with Crippen LogP contribution in [0.3, 0.4) is 0 Å². The summed E-state index contributed by atoms with van der Waals surface area (Å²) in [6.45, 7) is 1.25. The third-order valence-electron chi connectivity index (χ3n) is 7.48. The summed E-state index contributed by atoms with van der Waals surface area (Å²) in [7, 11) is -9.74. The Balaban J connectivity index is 0.00000625. The Labute approximate surface area is 282 Å². The molecule has 22 nitrogen and oxygen atoms in total. The van der Waals surface area contributed by atoms with Crippen LogP contribution in [-0.4, -0.2) is 165 Å². The summed E-state index contributed by atoms with van der Waals surface area (Å²) < 4.78 is 87.8. The summed E-state index contributed by atoms with van der Waals surface area (Å²) in [5.74, 6) is 0. The van der Waals surface area contributed by atoms with E-state index in [9.17, 15) is 59.0 Å². The molecule has 48 heavy (non-hydrogen) atoms. The van der Waals surface area contributed by atoms with Gasteiger partial charge in [-0.3, -0.25) is 27.1 Å². The smallest absolute Gasteiger partial charge is 0.475 e. The van der Waals surface area contributed by atoms with Crippen molar-refractivity contribution in [1.82, 2.24) is 0 Å². The van der Waals surface area contributed by atoms with Crippen LogP contribution in [0.15, 0.2) is 0 Å². The molecule has 279 valence electrons. The van der Waals surface area contributed by atoms with Crippen molar-refractivity contribution in [2.75, 3.05) is 19.8 Å². The van der Waals surface area contributed by atoms with Crippen LogP contribution in [-0.2, 0) is 59.8 Å². The van der Waals surface area contributed by atoms with Gasteiger partial charge in [-0.05, 0) is 20.0 Å². The van der Waals surface area contributed by atoms with Gasteiger partial charge in [-0.1, -0.05) is 0 Å². The molecule has 0 aromatic carbocycles. The second-order valence-electron chi connectivity index (χ2n) is 11.0. The Morgan fingerprint density at radius 2 is 1.21 bits per heavy atom. The Bertz CT molecular complexity index is 1210. The van der Waals surface area contributed by atoms with Gasteiger partial charge in [0.25, 0.3) is 0 Å². The van der Waals surface area contributed by atoms with E-state index in [-0.39, 0.29) is 14.3 Å². The summed E-state index contributed by atoms with van der Waals surface area (Å²) in [6.07, 6.45) is -21.2. The van der Waals surface area contributed by atoms with Gasteiger partial charge in [0.15, 0.2) is 6.29 Å². The van der Waals surface area contributed by atoms with Gasteiger partial charge in [0.1, 0.15) is 56.7 Å². The van der Waals surface area contributed by atoms with Gasteiger partial charge in [0.2, 0.25) is 0 Å². The average Bonchev–Trinajstić information content (AvgIpc) is 3.62. The fourth-order valence-electron chi connectivity index (χ4n) is 4.98. The molecule has 0 amide bonds. The molecule has 0 aromatic heterocycles. The third-order valence-corrected chi connectivity index (χ3v) is 10.4. The zero-order valence-corrected chi connectivity index (χ0v) is 30.8. The first-order valence-corrected chi connectivity index (χ1v) is 18.5. The van der Waals surface area contributed by atoms with Crippen LogP contribution in [0.1, 0.15) is 13.8 Å². The molecule has 9 N–H and O–H groups in total. The van der Waals surface area contributed by atoms with Crippen molar-refractivity contribution in [1.29, 1.82) is 0 Å². The molecule has 4 heterocycles. The summed E-state index contributed by atoms with van der Waals surface area (Å²) in [4.78, 5) is 30.7. The van der Waals surface area contributed by atoms with E-state index in [2.05, 4.69) is 0 Å². The molecule has 0 bridgehead atoms. The topological polar surface area (TPSA) is 326 Å². The number of aliphatic hydroxyl groups is 6. The maximum absolute atomic E-state index is 12.9. The van der Waals surface area contributed by atoms with E-state index in [4.69, 9.17) is 53.9 Å². The van der Waals surface area contributed by atoms with E-state index in [1.54, 1.807) is 0 Å². The Morgan fingerprint density at radius 1 is 0.667 bits per heavy atom. The van der Waals surface area contributed by atoms with Crippen molar-refractivity contribution in [2.24, 2.45) is 0 Å². The number of phosphoric ester groups is 3. The van der Waals surface area contributed by atoms with Crippen LogP contribution in [0.4, 0.5) is 0 Å². The van der Waals surface area contributed by atoms with E-state index >= 15 is 0 Å². The van der Waals surface area contributed by atoms with Crippen LogP contribution in [0.5, 0.6) is 0 Å². The molecular formula is C21H37AmBO22P3-. The molecule has 0 aliphatic carbocycles. The van der Waals surface area contributed by atoms with E-state index in [1.165, 1.54) is 13.8 Å². The Morgan fingerprint density at radius 3 is 1.77 bits per heavy atom. The quantitative estimate of drug-likeness (QED) is 0.0433. The van der Waals surface area contributed by atoms with Gasteiger partial charge < -0.3 is 64.3 Å². The number of hydrogen-bond acceptors (Lipinski definition) is 19. The van der Waals surface area contributed by atoms with Crippen LogP contribution in [0, 0.1) is 20.9 Å². The molecule has 4 aliphatic rings. The molecule has 18 atom stereocenters. The molecule has 4 rings (SSSR count). The van der Waals surface area contributed by atoms with Gasteiger partial charge in [-0.2, -0.15) is 6.61 Å². The van der Waals surface area contributed by atoms with Crippen molar-refractivity contribution < 1.29 is 119 Å². The van der Waals surface area contributed by atoms with Gasteiger partial charge in [0.05, 0.1) is 44.2 Å². The predicted molar refractivity (Wildman–Crippen MR) is 146 cm³/mol. The number of ether oxygens (including phenoxy) is 4. The second-order valence-corrected chi connectivity index (χ2v) is 15.2. The molecule has 4 fully saturated rings. The number of aliphatic hydroxyl groups excluding tert-OH is 6. The largest absolute Gasteiger partial charge is 0.544 e. The second kappa shape index (κ2) is 17.0. The minimum absolute atomic E-state index is 0. The Kier molecular flexibility index (Phi) is 15.2. The third kappa shape index (κ3) is 10.5. The monoisotopic (exact) mass is 986 g/mol. The van der Waals surface area contributed by atoms with Gasteiger partial charge in [-0.15, -0.1) is 0 Å². The normalized spacial score (nSPS) is 45.4. The van der Waals surface area contributed by atoms with Crippen molar-refractivity contribution in [3.8, 4) is 0 Å². The number of hydrogen-bond donors (Lipinski definition) is 9. The van der Waals surface area contributed by atoms with E-state index in [0.29, 0.717) is 0 Å². The zero-order valence-electron chi connectivity index (χ0n) is 25.0. The van der Waals surface area contributed by atoms with Crippen molar-refractivity contribution in [3.63, 3.8) is 0 Å². The van der Waals surface area contributed by atoms with Gasteiger partial charge in [-0.25, -0.2) is 13.7 Å². The molecule has 11 unspecified atom stereocenters. The molecule has 27 heteroatoms. The molecule has 0 spiro atoms. The molecule has 3 radical (unpaired) electrons. The van der Waals surface area contributed by atoms with Crippen LogP contribution >= 0.6 is 23.5 Å². The maximum atomic E-state index is 12.9. The van der Waals surface area contributed by atoms with E-state index in [1.807, 2.05) is 0 Å². The van der Waals surface area contributed by atoms with Crippen LogP contribution in [0.25, 0.3) is 0 Å². The molecule has 0 saturated carbocycles. The summed E-state index contributed by atoms with van der Waals surface area (Å²) in [6, 6.07) is -1.56. The van der Waals surface area contributed by atoms with Crippen LogP contribution in [0.2, 0.25) is 0 Å². The molecule has 4 saturated heterocycles. The number of rotatable bonds is 15. The summed E-state index contributed by atoms with van der Waals surface area (Å²) in [5.41, 5.74) is 0. The SMILES string of the molecule is [Am].[B][C@@H]1OC(COP(=O)(O)O[C@H]2C(CO)O[C@@H](C)C2O)[C@H](OP(=O)(O)OC2O[C@@H](C)C(OP(=O)(O)OCC3O[CH-]C(O)[C@H]3O)[C@H]2O)C1O. The number of phosphoric acid groups is 3. The molecule has 4 aliphatic heterocycles. The van der Waals surface area contributed by atoms with Crippen LogP contribution < -0.4 is 0 Å². The molecular weight excluding hydrogens is 951 g/mol. The van der Waals surface area contributed by atoms with Gasteiger partial charge in [0, 0.05) is 20.3 Å². The summed E-state index contributed by atoms with van der Waals surface area (Å²) in [5, 5.41) is 59.7. The minimum atomic E-state index is -5.36. The van der Waals surface area contributed by atoms with Crippen molar-refractivity contribution >= 4 is 31.3 Å². The predicted octanol–water partition coefficient (Wildman–Crippen LogP) is -3.72. The first-order chi connectivity index (χ1) is 21.7. The zero-order chi connectivity index (χ0) is 35.1. The Hall–Kier alpha value is 0.385. The first kappa shape index (κ1) is 42.8. The van der Waals surface area contributed by atoms with Crippen molar-refractivity contribution in [2.45, 2.75) is 105 Å². The van der Waals surface area contributed by atoms with Gasteiger partial charge >= 0.3 is 23.5 Å². The molecule has 0 aromatic rings. The van der Waals surface area contributed by atoms with E-state index < -0.39 is 135 Å². The first-order valence-electron chi connectivity index (χ1n) is 14.0. The van der Waals surface area contributed by atoms with Crippen molar-refractivity contribution in [3.05, 3.63) is 6.61 Å². The van der Waals surface area contributed by atoms with E-state index in [0.717, 1.165) is 6.61 Å². The fraction of sp³-hybridized carbons (Fsp3) is 0.952. The minimum Gasteiger partial charge on any atom is -0.544 e.